The van der Waals surface area contributed by atoms with Gasteiger partial charge >= 0.3 is 0 Å². The molecule has 2 aromatic heterocycles. The van der Waals surface area contributed by atoms with Crippen molar-refractivity contribution in [3.8, 4) is 11.5 Å². The van der Waals surface area contributed by atoms with Crippen LogP contribution in [0.2, 0.25) is 0 Å². The Labute approximate surface area is 105 Å². The van der Waals surface area contributed by atoms with E-state index in [2.05, 4.69) is 38.1 Å². The number of rotatable bonds is 4. The third-order valence-corrected chi connectivity index (χ3v) is 3.66. The molecule has 0 fully saturated rings. The van der Waals surface area contributed by atoms with Gasteiger partial charge in [-0.2, -0.15) is 0 Å². The van der Waals surface area contributed by atoms with Crippen molar-refractivity contribution in [2.45, 2.75) is 6.42 Å². The van der Waals surface area contributed by atoms with Crippen LogP contribution in [-0.4, -0.2) is 23.8 Å². The van der Waals surface area contributed by atoms with Crippen LogP contribution >= 0.6 is 33.9 Å². The van der Waals surface area contributed by atoms with E-state index in [1.54, 1.807) is 11.3 Å². The van der Waals surface area contributed by atoms with Crippen LogP contribution in [0.5, 0.6) is 0 Å². The summed E-state index contributed by atoms with van der Waals surface area (Å²) in [5.41, 5.74) is 1.01. The molecule has 15 heavy (non-hydrogen) atoms. The standard InChI is InChI=1S/C9H10IN3OS/c1-11-3-2-8-12-13-9(14-8)6-4-7(10)15-5-6/h4-5,11H,2-3H2,1H3. The largest absolute Gasteiger partial charge is 0.421 e. The van der Waals surface area contributed by atoms with E-state index >= 15 is 0 Å². The quantitative estimate of drug-likeness (QED) is 0.870. The Morgan fingerprint density at radius 3 is 3.07 bits per heavy atom. The van der Waals surface area contributed by atoms with Gasteiger partial charge in [-0.15, -0.1) is 21.5 Å². The van der Waals surface area contributed by atoms with Gasteiger partial charge in [-0.3, -0.25) is 0 Å². The van der Waals surface area contributed by atoms with Crippen molar-refractivity contribution in [2.24, 2.45) is 0 Å². The van der Waals surface area contributed by atoms with E-state index in [0.717, 1.165) is 18.5 Å². The fraction of sp³-hybridized carbons (Fsp3) is 0.333. The molecule has 0 aromatic carbocycles. The minimum absolute atomic E-state index is 0.611. The zero-order chi connectivity index (χ0) is 10.7. The van der Waals surface area contributed by atoms with Gasteiger partial charge in [-0.1, -0.05) is 0 Å². The van der Waals surface area contributed by atoms with E-state index in [0.29, 0.717) is 11.8 Å². The van der Waals surface area contributed by atoms with Crippen LogP contribution < -0.4 is 5.32 Å². The van der Waals surface area contributed by atoms with Gasteiger partial charge < -0.3 is 9.73 Å². The maximum Gasteiger partial charge on any atom is 0.248 e. The Hall–Kier alpha value is -0.470. The highest BCUT2D eigenvalue weighted by Crippen LogP contribution is 2.25. The number of nitrogens with one attached hydrogen (secondary N) is 1. The van der Waals surface area contributed by atoms with Crippen molar-refractivity contribution in [3.63, 3.8) is 0 Å². The predicted molar refractivity (Wildman–Crippen MR) is 68.0 cm³/mol. The summed E-state index contributed by atoms with van der Waals surface area (Å²) in [6.45, 7) is 0.850. The highest BCUT2D eigenvalue weighted by Gasteiger charge is 2.09. The number of thiophene rings is 1. The smallest absolute Gasteiger partial charge is 0.248 e. The minimum atomic E-state index is 0.611. The average molecular weight is 335 g/mol. The molecule has 80 valence electrons. The van der Waals surface area contributed by atoms with E-state index in [4.69, 9.17) is 4.42 Å². The summed E-state index contributed by atoms with van der Waals surface area (Å²) >= 11 is 3.95. The normalized spacial score (nSPS) is 10.8. The maximum absolute atomic E-state index is 5.53. The first-order chi connectivity index (χ1) is 7.29. The molecule has 0 spiro atoms. The Bertz CT molecular complexity index is 440. The molecule has 0 aliphatic carbocycles. The molecule has 0 amide bonds. The molecular weight excluding hydrogens is 325 g/mol. The predicted octanol–water partition coefficient (Wildman–Crippen LogP) is 2.16. The molecule has 2 aromatic rings. The van der Waals surface area contributed by atoms with Crippen molar-refractivity contribution < 1.29 is 4.42 Å². The average Bonchev–Trinajstić information content (AvgIpc) is 2.83. The highest BCUT2D eigenvalue weighted by molar-refractivity contribution is 14.1. The first-order valence-electron chi connectivity index (χ1n) is 4.51. The summed E-state index contributed by atoms with van der Waals surface area (Å²) in [6.07, 6.45) is 0.769. The van der Waals surface area contributed by atoms with Crippen molar-refractivity contribution >= 4 is 33.9 Å². The Morgan fingerprint density at radius 1 is 1.53 bits per heavy atom. The second-order valence-corrected chi connectivity index (χ2v) is 5.80. The molecule has 4 nitrogen and oxygen atoms in total. The van der Waals surface area contributed by atoms with Gasteiger partial charge in [0.2, 0.25) is 11.8 Å². The van der Waals surface area contributed by atoms with Crippen LogP contribution in [-0.2, 0) is 6.42 Å². The second-order valence-electron chi connectivity index (χ2n) is 2.99. The number of hydrogen-bond acceptors (Lipinski definition) is 5. The summed E-state index contributed by atoms with van der Waals surface area (Å²) in [7, 11) is 1.90. The topological polar surface area (TPSA) is 51.0 Å². The molecule has 1 N–H and O–H groups in total. The van der Waals surface area contributed by atoms with Gasteiger partial charge in [0.05, 0.1) is 8.45 Å². The molecule has 6 heteroatoms. The third kappa shape index (κ3) is 2.76. The zero-order valence-electron chi connectivity index (χ0n) is 8.16. The lowest BCUT2D eigenvalue weighted by Gasteiger charge is -1.91. The third-order valence-electron chi connectivity index (χ3n) is 1.87. The van der Waals surface area contributed by atoms with Gasteiger partial charge in [0.15, 0.2) is 0 Å². The Kier molecular flexibility index (Phi) is 3.71. The molecule has 0 unspecified atom stereocenters. The maximum atomic E-state index is 5.53. The van der Waals surface area contributed by atoms with E-state index in [1.165, 1.54) is 2.88 Å². The fourth-order valence-corrected chi connectivity index (χ4v) is 2.45. The van der Waals surface area contributed by atoms with E-state index in [1.807, 2.05) is 18.5 Å². The summed E-state index contributed by atoms with van der Waals surface area (Å²) in [6, 6.07) is 2.04. The number of hydrogen-bond donors (Lipinski definition) is 1. The lowest BCUT2D eigenvalue weighted by Crippen LogP contribution is -2.10. The lowest BCUT2D eigenvalue weighted by atomic mass is 10.3. The van der Waals surface area contributed by atoms with Crippen LogP contribution in [0.15, 0.2) is 15.9 Å². The first-order valence-corrected chi connectivity index (χ1v) is 6.47. The molecule has 2 heterocycles. The monoisotopic (exact) mass is 335 g/mol. The van der Waals surface area contributed by atoms with Crippen LogP contribution in [0.3, 0.4) is 0 Å². The molecule has 0 saturated carbocycles. The molecular formula is C9H10IN3OS. The molecule has 0 aliphatic rings. The van der Waals surface area contributed by atoms with Crippen molar-refractivity contribution in [1.29, 1.82) is 0 Å². The molecule has 0 saturated heterocycles. The zero-order valence-corrected chi connectivity index (χ0v) is 11.1. The van der Waals surface area contributed by atoms with Crippen LogP contribution in [0, 0.1) is 2.88 Å². The van der Waals surface area contributed by atoms with Crippen LogP contribution in [0.1, 0.15) is 5.89 Å². The van der Waals surface area contributed by atoms with Crippen molar-refractivity contribution in [3.05, 3.63) is 20.2 Å². The summed E-state index contributed by atoms with van der Waals surface area (Å²) in [4.78, 5) is 0. The van der Waals surface area contributed by atoms with Crippen molar-refractivity contribution in [2.75, 3.05) is 13.6 Å². The van der Waals surface area contributed by atoms with Crippen molar-refractivity contribution in [1.82, 2.24) is 15.5 Å². The SMILES string of the molecule is CNCCc1nnc(-c2csc(I)c2)o1. The lowest BCUT2D eigenvalue weighted by molar-refractivity contribution is 0.500. The van der Waals surface area contributed by atoms with Crippen LogP contribution in [0.4, 0.5) is 0 Å². The molecule has 0 atom stereocenters. The van der Waals surface area contributed by atoms with Crippen LogP contribution in [0.25, 0.3) is 11.5 Å². The summed E-state index contributed by atoms with van der Waals surface area (Å²) < 4.78 is 6.75. The first kappa shape index (κ1) is 11.0. The van der Waals surface area contributed by atoms with E-state index in [-0.39, 0.29) is 0 Å². The van der Waals surface area contributed by atoms with E-state index < -0.39 is 0 Å². The minimum Gasteiger partial charge on any atom is -0.421 e. The number of likely N-dealkylation sites (N-methyl/N-ethyl adjacent to an activating group) is 1. The molecule has 2 rings (SSSR count). The van der Waals surface area contributed by atoms with Gasteiger partial charge in [-0.25, -0.2) is 0 Å². The number of aromatic nitrogens is 2. The number of nitrogens with zero attached hydrogens (tertiary/aromatic N) is 2. The Morgan fingerprint density at radius 2 is 2.40 bits per heavy atom. The fourth-order valence-electron chi connectivity index (χ4n) is 1.13. The Balaban J connectivity index is 2.13. The summed E-state index contributed by atoms with van der Waals surface area (Å²) in [5, 5.41) is 13.1. The van der Waals surface area contributed by atoms with Gasteiger partial charge in [-0.05, 0) is 35.7 Å². The van der Waals surface area contributed by atoms with Gasteiger partial charge in [0.1, 0.15) is 0 Å². The highest BCUT2D eigenvalue weighted by atomic mass is 127. The molecule has 0 bridgehead atoms. The molecule has 0 aliphatic heterocycles. The van der Waals surface area contributed by atoms with E-state index in [9.17, 15) is 0 Å². The number of halogens is 1. The molecule has 0 radical (unpaired) electrons. The van der Waals surface area contributed by atoms with Gasteiger partial charge in [0.25, 0.3) is 0 Å². The van der Waals surface area contributed by atoms with Gasteiger partial charge in [0, 0.05) is 18.3 Å². The summed E-state index contributed by atoms with van der Waals surface area (Å²) in [5.74, 6) is 1.29. The second kappa shape index (κ2) is 5.04.